The summed E-state index contributed by atoms with van der Waals surface area (Å²) in [5.41, 5.74) is 5.33. The van der Waals surface area contributed by atoms with Gasteiger partial charge in [0, 0.05) is 68.0 Å². The zero-order valence-electron chi connectivity index (χ0n) is 34.1. The molecule has 3 aliphatic heterocycles. The van der Waals surface area contributed by atoms with Gasteiger partial charge in [-0.3, -0.25) is 33.6 Å². The van der Waals surface area contributed by atoms with Crippen molar-refractivity contribution in [2.24, 2.45) is 17.6 Å². The Balaban J connectivity index is 1.22. The lowest BCUT2D eigenvalue weighted by molar-refractivity contribution is -0.144. The number of piperidine rings is 1. The van der Waals surface area contributed by atoms with Crippen LogP contribution in [0.2, 0.25) is 0 Å². The Morgan fingerprint density at radius 3 is 2.31 bits per heavy atom. The highest BCUT2D eigenvalue weighted by Gasteiger charge is 2.46. The Bertz CT molecular complexity index is 1910. The minimum atomic E-state index is -3.07. The van der Waals surface area contributed by atoms with Crippen molar-refractivity contribution in [1.29, 1.82) is 0 Å². The van der Waals surface area contributed by atoms with Gasteiger partial charge in [-0.1, -0.05) is 25.3 Å². The highest BCUT2D eigenvalue weighted by atomic mass is 32.1. The van der Waals surface area contributed by atoms with Crippen LogP contribution < -0.4 is 21.7 Å². The molecule has 59 heavy (non-hydrogen) atoms. The number of carbonyl (C=O) groups is 7. The number of hydrogen-bond acceptors (Lipinski definition) is 8. The van der Waals surface area contributed by atoms with E-state index in [-0.39, 0.29) is 72.1 Å². The first kappa shape index (κ1) is 44.1. The highest BCUT2D eigenvalue weighted by molar-refractivity contribution is 7.20. The third-order valence-corrected chi connectivity index (χ3v) is 13.8. The lowest BCUT2D eigenvalue weighted by Gasteiger charge is -2.38. The standard InChI is InChI=1S/C43H58F2N6O7S/c1-25(52)47-29-12-14-33(49-40(56)37-22-27-21-28(43(2,44)45)11-17-36(27)59-37)42(58)51-30(23-29)13-16-34(51)39(55)48-32(15-18-38(46)54)35(53)24-31(26-9-5-3-6-10-26)41(57)50-19-7-4-8-20-50/h11,17,21-22,26,29-34H,3-10,12-16,18-20,23-24H2,1-2H3,(H2,46,54)(H,47,52)(H,48,55)(H,49,56)/t29-,30+,31-,32-,33-,34-/m0/s1. The van der Waals surface area contributed by atoms with Crippen molar-refractivity contribution in [3.05, 3.63) is 34.7 Å². The van der Waals surface area contributed by atoms with Gasteiger partial charge in [-0.25, -0.2) is 8.78 Å². The van der Waals surface area contributed by atoms with Crippen LogP contribution in [0.3, 0.4) is 0 Å². The lowest BCUT2D eigenvalue weighted by atomic mass is 9.76. The Labute approximate surface area is 347 Å². The molecule has 0 unspecified atom stereocenters. The van der Waals surface area contributed by atoms with Gasteiger partial charge in [-0.15, -0.1) is 11.3 Å². The molecule has 6 atom stereocenters. The van der Waals surface area contributed by atoms with Gasteiger partial charge in [0.2, 0.25) is 29.5 Å². The first-order chi connectivity index (χ1) is 28.1. The molecule has 322 valence electrons. The number of carbonyl (C=O) groups excluding carboxylic acids is 7. The molecule has 1 saturated carbocycles. The molecule has 13 nitrogen and oxygen atoms in total. The normalized spacial score (nSPS) is 24.0. The topological polar surface area (TPSA) is 188 Å². The van der Waals surface area contributed by atoms with E-state index in [0.29, 0.717) is 42.4 Å². The zero-order chi connectivity index (χ0) is 42.4. The van der Waals surface area contributed by atoms with Gasteiger partial charge in [0.05, 0.1) is 10.9 Å². The van der Waals surface area contributed by atoms with Crippen molar-refractivity contribution in [3.8, 4) is 0 Å². The predicted molar refractivity (Wildman–Crippen MR) is 218 cm³/mol. The minimum absolute atomic E-state index is 0.0282. The van der Waals surface area contributed by atoms with Crippen molar-refractivity contribution in [2.45, 2.75) is 153 Å². The fourth-order valence-corrected chi connectivity index (χ4v) is 10.5. The summed E-state index contributed by atoms with van der Waals surface area (Å²) in [5.74, 6) is -6.50. The van der Waals surface area contributed by atoms with E-state index in [1.54, 1.807) is 0 Å². The maximum Gasteiger partial charge on any atom is 0.270 e. The number of alkyl halides is 2. The molecule has 6 amide bonds. The monoisotopic (exact) mass is 840 g/mol. The van der Waals surface area contributed by atoms with Crippen molar-refractivity contribution in [3.63, 3.8) is 0 Å². The van der Waals surface area contributed by atoms with Gasteiger partial charge in [0.25, 0.3) is 11.8 Å². The van der Waals surface area contributed by atoms with E-state index in [4.69, 9.17) is 5.73 Å². The summed E-state index contributed by atoms with van der Waals surface area (Å²) in [7, 11) is 0. The van der Waals surface area contributed by atoms with E-state index >= 15 is 0 Å². The third-order valence-electron chi connectivity index (χ3n) is 12.7. The van der Waals surface area contributed by atoms with Crippen LogP contribution in [0.1, 0.15) is 132 Å². The van der Waals surface area contributed by atoms with Crippen LogP contribution >= 0.6 is 11.3 Å². The third kappa shape index (κ3) is 11.0. The van der Waals surface area contributed by atoms with Crippen LogP contribution in [-0.4, -0.2) is 94.3 Å². The maximum atomic E-state index is 14.5. The van der Waals surface area contributed by atoms with Crippen molar-refractivity contribution >= 4 is 62.6 Å². The molecule has 4 fully saturated rings. The largest absolute Gasteiger partial charge is 0.370 e. The fourth-order valence-electron chi connectivity index (χ4n) is 9.60. The second kappa shape index (κ2) is 19.3. The van der Waals surface area contributed by atoms with Gasteiger partial charge in [-0.05, 0) is 100 Å². The van der Waals surface area contributed by atoms with Crippen LogP contribution in [0.5, 0.6) is 0 Å². The molecule has 16 heteroatoms. The van der Waals surface area contributed by atoms with Crippen LogP contribution in [0, 0.1) is 11.8 Å². The van der Waals surface area contributed by atoms with E-state index in [0.717, 1.165) is 69.6 Å². The Morgan fingerprint density at radius 2 is 1.63 bits per heavy atom. The second-order valence-electron chi connectivity index (χ2n) is 17.1. The molecule has 0 spiro atoms. The number of amides is 6. The number of likely N-dealkylation sites (tertiary alicyclic amines) is 1. The summed E-state index contributed by atoms with van der Waals surface area (Å²) in [4.78, 5) is 98.5. The summed E-state index contributed by atoms with van der Waals surface area (Å²) < 4.78 is 28.7. The molecular formula is C43H58F2N6O7S. The minimum Gasteiger partial charge on any atom is -0.370 e. The average molecular weight is 841 g/mol. The molecule has 0 bridgehead atoms. The lowest BCUT2D eigenvalue weighted by Crippen LogP contribution is -2.59. The van der Waals surface area contributed by atoms with E-state index in [2.05, 4.69) is 16.0 Å². The SMILES string of the molecule is CC(=O)N[C@H]1CC[C@H](NC(=O)c2cc3cc(C(C)(F)F)ccc3s2)C(=O)N2[C@H](CC[C@H]2C(=O)N[C@@H](CCC(N)=O)C(=O)C[C@H](C(=O)N2CCCCC2)C2CCCCC2)C1. The molecule has 2 aromatic rings. The van der Waals surface area contributed by atoms with Crippen LogP contribution in [0.15, 0.2) is 24.3 Å². The molecule has 1 aliphatic carbocycles. The van der Waals surface area contributed by atoms with Gasteiger partial charge in [0.15, 0.2) is 5.78 Å². The second-order valence-corrected chi connectivity index (χ2v) is 18.2. The van der Waals surface area contributed by atoms with E-state index < -0.39 is 59.6 Å². The number of benzene rings is 1. The molecule has 5 N–H and O–H groups in total. The summed E-state index contributed by atoms with van der Waals surface area (Å²) in [6.07, 6.45) is 8.87. The number of nitrogens with zero attached hydrogens (tertiary/aromatic N) is 2. The first-order valence-electron chi connectivity index (χ1n) is 21.3. The zero-order valence-corrected chi connectivity index (χ0v) is 34.9. The predicted octanol–water partition coefficient (Wildman–Crippen LogP) is 5.08. The molecule has 6 rings (SSSR count). The van der Waals surface area contributed by atoms with Gasteiger partial charge >= 0.3 is 0 Å². The van der Waals surface area contributed by atoms with Gasteiger partial charge in [0.1, 0.15) is 12.1 Å². The molecule has 1 aromatic heterocycles. The molecule has 1 aromatic carbocycles. The summed E-state index contributed by atoms with van der Waals surface area (Å²) in [5, 5.41) is 9.10. The van der Waals surface area contributed by atoms with Gasteiger partial charge < -0.3 is 31.5 Å². The number of primary amides is 1. The smallest absolute Gasteiger partial charge is 0.270 e. The number of hydrogen-bond donors (Lipinski definition) is 4. The summed E-state index contributed by atoms with van der Waals surface area (Å²) in [6, 6.07) is 1.65. The van der Waals surface area contributed by atoms with Gasteiger partial charge in [-0.2, -0.15) is 0 Å². The number of nitrogens with one attached hydrogen (secondary N) is 3. The van der Waals surface area contributed by atoms with Crippen molar-refractivity contribution < 1.29 is 42.3 Å². The van der Waals surface area contributed by atoms with Crippen LogP contribution in [-0.2, 0) is 34.7 Å². The summed E-state index contributed by atoms with van der Waals surface area (Å²) >= 11 is 1.10. The van der Waals surface area contributed by atoms with E-state index in [1.807, 2.05) is 4.90 Å². The molecule has 3 saturated heterocycles. The molecule has 0 radical (unpaired) electrons. The first-order valence-corrected chi connectivity index (χ1v) is 22.1. The van der Waals surface area contributed by atoms with E-state index in [9.17, 15) is 42.3 Å². The Hall–Kier alpha value is -4.47. The van der Waals surface area contributed by atoms with Crippen LogP contribution in [0.4, 0.5) is 8.78 Å². The van der Waals surface area contributed by atoms with Crippen molar-refractivity contribution in [2.75, 3.05) is 13.1 Å². The number of thiophene rings is 1. The Kier molecular flexibility index (Phi) is 14.4. The number of nitrogens with two attached hydrogens (primary N) is 1. The van der Waals surface area contributed by atoms with Crippen molar-refractivity contribution in [1.82, 2.24) is 25.8 Å². The number of fused-ring (bicyclic) bond motifs is 2. The molecule has 4 heterocycles. The number of halogens is 2. The quantitative estimate of drug-likeness (QED) is 0.204. The average Bonchev–Trinajstić information content (AvgIpc) is 3.83. The maximum absolute atomic E-state index is 14.5. The number of rotatable bonds is 14. The highest BCUT2D eigenvalue weighted by Crippen LogP contribution is 2.36. The summed E-state index contributed by atoms with van der Waals surface area (Å²) in [6.45, 7) is 3.50. The Morgan fingerprint density at radius 1 is 0.915 bits per heavy atom. The fraction of sp³-hybridized carbons (Fsp3) is 0.651. The number of Topliss-reactive ketones (excluding diaryl/α,β-unsaturated/α-hetero) is 1. The van der Waals surface area contributed by atoms with E-state index in [1.165, 1.54) is 36.1 Å². The molecular weight excluding hydrogens is 783 g/mol. The van der Waals surface area contributed by atoms with Crippen LogP contribution in [0.25, 0.3) is 10.1 Å². The number of ketones is 1. The molecule has 4 aliphatic rings.